The van der Waals surface area contributed by atoms with Crippen molar-refractivity contribution in [3.05, 3.63) is 59.7 Å². The zero-order valence-electron chi connectivity index (χ0n) is 13.4. The van der Waals surface area contributed by atoms with Gasteiger partial charge in [0.25, 0.3) is 10.0 Å². The molecule has 128 valence electrons. The maximum Gasteiger partial charge on any atom is 0.339 e. The van der Waals surface area contributed by atoms with Crippen LogP contribution in [0.5, 0.6) is 0 Å². The van der Waals surface area contributed by atoms with Gasteiger partial charge in [-0.1, -0.05) is 18.2 Å². The van der Waals surface area contributed by atoms with Crippen LogP contribution in [0.2, 0.25) is 0 Å². The summed E-state index contributed by atoms with van der Waals surface area (Å²) >= 11 is 0. The molecule has 2 aromatic rings. The molecule has 0 fully saturated rings. The van der Waals surface area contributed by atoms with Crippen LogP contribution >= 0.6 is 0 Å². The SMILES string of the molecule is N#CCOC(=O)c1ccc(S(=O)(=O)N2CCCc3ccccc32)cc1. The van der Waals surface area contributed by atoms with E-state index < -0.39 is 16.0 Å². The quantitative estimate of drug-likeness (QED) is 0.786. The minimum Gasteiger partial charge on any atom is -0.447 e. The molecular formula is C18H16N2O4S. The first-order valence-corrected chi connectivity index (χ1v) is 9.23. The van der Waals surface area contributed by atoms with Gasteiger partial charge in [-0.25, -0.2) is 13.2 Å². The molecule has 0 saturated carbocycles. The van der Waals surface area contributed by atoms with Gasteiger partial charge in [0.15, 0.2) is 6.61 Å². The number of carbonyl (C=O) groups is 1. The number of fused-ring (bicyclic) bond motifs is 1. The Kier molecular flexibility index (Phi) is 4.72. The third-order valence-electron chi connectivity index (χ3n) is 4.01. The maximum atomic E-state index is 13.0. The van der Waals surface area contributed by atoms with Gasteiger partial charge in [-0.2, -0.15) is 5.26 Å². The minimum absolute atomic E-state index is 0.112. The van der Waals surface area contributed by atoms with Gasteiger partial charge < -0.3 is 4.74 Å². The molecule has 0 amide bonds. The number of sulfonamides is 1. The fraction of sp³-hybridized carbons (Fsp3) is 0.222. The van der Waals surface area contributed by atoms with Crippen molar-refractivity contribution in [3.8, 4) is 6.07 Å². The number of benzene rings is 2. The summed E-state index contributed by atoms with van der Waals surface area (Å²) in [5, 5.41) is 8.43. The molecule has 1 aliphatic rings. The van der Waals surface area contributed by atoms with Crippen LogP contribution in [0.25, 0.3) is 0 Å². The molecule has 0 aliphatic carbocycles. The average Bonchev–Trinajstić information content (AvgIpc) is 2.65. The second kappa shape index (κ2) is 6.95. The molecule has 0 bridgehead atoms. The van der Waals surface area contributed by atoms with Gasteiger partial charge >= 0.3 is 5.97 Å². The van der Waals surface area contributed by atoms with E-state index in [4.69, 9.17) is 10.00 Å². The molecule has 0 unspecified atom stereocenters. The Hall–Kier alpha value is -2.85. The van der Waals surface area contributed by atoms with Crippen LogP contribution in [0.4, 0.5) is 5.69 Å². The number of nitriles is 1. The van der Waals surface area contributed by atoms with Crippen molar-refractivity contribution in [2.45, 2.75) is 17.7 Å². The molecule has 7 heteroatoms. The van der Waals surface area contributed by atoms with E-state index in [1.807, 2.05) is 18.2 Å². The first kappa shape index (κ1) is 17.0. The van der Waals surface area contributed by atoms with Crippen molar-refractivity contribution in [1.82, 2.24) is 0 Å². The van der Waals surface area contributed by atoms with Crippen LogP contribution in [0.3, 0.4) is 0 Å². The summed E-state index contributed by atoms with van der Waals surface area (Å²) in [6, 6.07) is 14.7. The Morgan fingerprint density at radius 2 is 1.88 bits per heavy atom. The number of aryl methyl sites for hydroxylation is 1. The average molecular weight is 356 g/mol. The molecule has 1 aliphatic heterocycles. The zero-order chi connectivity index (χ0) is 17.9. The summed E-state index contributed by atoms with van der Waals surface area (Å²) in [7, 11) is -3.71. The second-order valence-electron chi connectivity index (χ2n) is 5.57. The highest BCUT2D eigenvalue weighted by Gasteiger charge is 2.28. The summed E-state index contributed by atoms with van der Waals surface area (Å²) in [6.07, 6.45) is 1.61. The van der Waals surface area contributed by atoms with Gasteiger partial charge in [-0.15, -0.1) is 0 Å². The second-order valence-corrected chi connectivity index (χ2v) is 7.43. The minimum atomic E-state index is -3.71. The summed E-state index contributed by atoms with van der Waals surface area (Å²) in [5.74, 6) is -0.659. The van der Waals surface area contributed by atoms with Crippen molar-refractivity contribution in [2.24, 2.45) is 0 Å². The number of hydrogen-bond donors (Lipinski definition) is 0. The Morgan fingerprint density at radius 3 is 2.60 bits per heavy atom. The normalized spacial score (nSPS) is 13.6. The summed E-state index contributed by atoms with van der Waals surface area (Å²) < 4.78 is 32.1. The van der Waals surface area contributed by atoms with E-state index in [9.17, 15) is 13.2 Å². The smallest absolute Gasteiger partial charge is 0.339 e. The van der Waals surface area contributed by atoms with Crippen LogP contribution in [-0.4, -0.2) is 27.5 Å². The Bertz CT molecular complexity index is 930. The topological polar surface area (TPSA) is 87.5 Å². The number of carbonyl (C=O) groups excluding carboxylic acids is 1. The maximum absolute atomic E-state index is 13.0. The number of esters is 1. The predicted octanol–water partition coefficient (Wildman–Crippen LogP) is 2.51. The molecule has 1 heterocycles. The number of para-hydroxylation sites is 1. The van der Waals surface area contributed by atoms with E-state index in [2.05, 4.69) is 0 Å². The monoisotopic (exact) mass is 356 g/mol. The number of rotatable bonds is 4. The van der Waals surface area contributed by atoms with E-state index in [-0.39, 0.29) is 17.1 Å². The summed E-state index contributed by atoms with van der Waals surface area (Å²) in [6.45, 7) is 0.0781. The number of anilines is 1. The fourth-order valence-electron chi connectivity index (χ4n) is 2.82. The van der Waals surface area contributed by atoms with Gasteiger partial charge in [-0.05, 0) is 48.7 Å². The molecule has 0 aromatic heterocycles. The van der Waals surface area contributed by atoms with Crippen LogP contribution in [0.15, 0.2) is 53.4 Å². The van der Waals surface area contributed by atoms with E-state index >= 15 is 0 Å². The van der Waals surface area contributed by atoms with Gasteiger partial charge in [0.1, 0.15) is 6.07 Å². The molecule has 3 rings (SSSR count). The van der Waals surface area contributed by atoms with E-state index in [0.717, 1.165) is 18.4 Å². The molecule has 6 nitrogen and oxygen atoms in total. The summed E-state index contributed by atoms with van der Waals surface area (Å²) in [4.78, 5) is 11.8. The largest absolute Gasteiger partial charge is 0.447 e. The van der Waals surface area contributed by atoms with Crippen LogP contribution in [0.1, 0.15) is 22.3 Å². The lowest BCUT2D eigenvalue weighted by atomic mass is 10.0. The lowest BCUT2D eigenvalue weighted by Crippen LogP contribution is -2.35. The van der Waals surface area contributed by atoms with Gasteiger partial charge in [0.05, 0.1) is 16.1 Å². The van der Waals surface area contributed by atoms with Crippen molar-refractivity contribution >= 4 is 21.7 Å². The number of hydrogen-bond acceptors (Lipinski definition) is 5. The Labute approximate surface area is 146 Å². The van der Waals surface area contributed by atoms with E-state index in [1.54, 1.807) is 12.1 Å². The first-order valence-electron chi connectivity index (χ1n) is 7.79. The number of ether oxygens (including phenoxy) is 1. The van der Waals surface area contributed by atoms with Crippen molar-refractivity contribution < 1.29 is 17.9 Å². The van der Waals surface area contributed by atoms with E-state index in [1.165, 1.54) is 28.6 Å². The molecule has 0 N–H and O–H groups in total. The molecular weight excluding hydrogens is 340 g/mol. The highest BCUT2D eigenvalue weighted by atomic mass is 32.2. The predicted molar refractivity (Wildman–Crippen MR) is 91.6 cm³/mol. The first-order chi connectivity index (χ1) is 12.0. The van der Waals surface area contributed by atoms with Crippen LogP contribution < -0.4 is 4.31 Å². The molecule has 0 saturated heterocycles. The van der Waals surface area contributed by atoms with Crippen molar-refractivity contribution in [1.29, 1.82) is 5.26 Å². The standard InChI is InChI=1S/C18H16N2O4S/c19-11-13-24-18(21)15-7-9-16(10-8-15)25(22,23)20-12-3-5-14-4-1-2-6-17(14)20/h1-2,4,6-10H,3,5,12-13H2. The molecule has 0 spiro atoms. The Balaban J connectivity index is 1.89. The van der Waals surface area contributed by atoms with Gasteiger partial charge in [-0.3, -0.25) is 4.31 Å². The highest BCUT2D eigenvalue weighted by Crippen LogP contribution is 2.31. The van der Waals surface area contributed by atoms with Crippen LogP contribution in [-0.2, 0) is 21.2 Å². The lowest BCUT2D eigenvalue weighted by molar-refractivity contribution is 0.0555. The number of nitrogens with zero attached hydrogens (tertiary/aromatic N) is 2. The zero-order valence-corrected chi connectivity index (χ0v) is 14.2. The Morgan fingerprint density at radius 1 is 1.16 bits per heavy atom. The van der Waals surface area contributed by atoms with E-state index in [0.29, 0.717) is 12.2 Å². The molecule has 0 radical (unpaired) electrons. The molecule has 2 aromatic carbocycles. The highest BCUT2D eigenvalue weighted by molar-refractivity contribution is 7.92. The summed E-state index contributed by atoms with van der Waals surface area (Å²) in [5.41, 5.74) is 1.91. The van der Waals surface area contributed by atoms with Gasteiger partial charge in [0, 0.05) is 6.54 Å². The lowest BCUT2D eigenvalue weighted by Gasteiger charge is -2.30. The van der Waals surface area contributed by atoms with Crippen molar-refractivity contribution in [3.63, 3.8) is 0 Å². The third kappa shape index (κ3) is 3.35. The third-order valence-corrected chi connectivity index (χ3v) is 5.84. The van der Waals surface area contributed by atoms with Crippen LogP contribution in [0, 0.1) is 11.3 Å². The fourth-order valence-corrected chi connectivity index (χ4v) is 4.36. The van der Waals surface area contributed by atoms with Crippen molar-refractivity contribution in [2.75, 3.05) is 17.5 Å². The molecule has 25 heavy (non-hydrogen) atoms. The van der Waals surface area contributed by atoms with Gasteiger partial charge in [0.2, 0.25) is 0 Å². The molecule has 0 atom stereocenters.